The van der Waals surface area contributed by atoms with Crippen LogP contribution in [0.25, 0.3) is 149 Å². The Hall–Kier alpha value is -13.8. The van der Waals surface area contributed by atoms with Crippen molar-refractivity contribution in [1.29, 1.82) is 0 Å². The van der Waals surface area contributed by atoms with Crippen molar-refractivity contribution in [2.75, 3.05) is 0 Å². The molecule has 0 aliphatic carbocycles. The molecular weight excluding hydrogens is 2430 g/mol. The van der Waals surface area contributed by atoms with E-state index in [-0.39, 0.29) is 138 Å². The normalized spacial score (nSPS) is 11.1. The van der Waals surface area contributed by atoms with Crippen molar-refractivity contribution in [3.63, 3.8) is 0 Å². The Morgan fingerprint density at radius 1 is 0.420 bits per heavy atom. The maximum absolute atomic E-state index is 11.0. The second-order valence-electron chi connectivity index (χ2n) is 33.0. The van der Waals surface area contributed by atoms with Gasteiger partial charge in [-0.1, -0.05) is 275 Å². The molecule has 0 unspecified atom stereocenters. The zero-order valence-corrected chi connectivity index (χ0v) is 88.6. The van der Waals surface area contributed by atoms with Crippen LogP contribution in [0.2, 0.25) is 0 Å². The van der Waals surface area contributed by atoms with Crippen molar-refractivity contribution in [3.05, 3.63) is 415 Å². The predicted octanol–water partition coefficient (Wildman–Crippen LogP) is 27.2. The Morgan fingerprint density at radius 2 is 0.949 bits per heavy atom. The van der Waals surface area contributed by atoms with Gasteiger partial charge in [0.15, 0.2) is 41.7 Å². The van der Waals surface area contributed by atoms with Gasteiger partial charge in [0.05, 0.1) is 56.2 Å². The number of hydrogen-bond donors (Lipinski definition) is 4. The van der Waals surface area contributed by atoms with Crippen LogP contribution in [0.1, 0.15) is 97.2 Å². The van der Waals surface area contributed by atoms with Gasteiger partial charge in [-0.15, -0.1) is 109 Å². The van der Waals surface area contributed by atoms with Crippen molar-refractivity contribution in [3.8, 4) is 61.8 Å². The molecule has 0 bridgehead atoms. The number of rotatable bonds is 11. The SMILES string of the molecule is CC(=O)C=C(C)O.CC(=O)C=C(C)O.CC(=O)C=C(C)O.CC(C)C(=O)C=C(O)C(C)C.Cc1[c-]c(-c2ccc3ccccc3n2)cc(C)c1.Cc1cc2ccccc2nc1-c1[c-]cccc1.Cc1cnc2c3[c-]cc(-c4ccccc4)cc3c3cc(-c4ccccc4)ccc3c2n1.[Ir].[Ir].[Ir].[Ir].c1ccc2c(-n3nc4ccccc4n3)nccc2c1.c1ccc2c(c1)C[n+]1ccc3ccccc3c1-2. The number of hydrogen-bond acceptors (Lipinski definition) is 15. The first kappa shape index (κ1) is 110. The Morgan fingerprint density at radius 3 is 1.52 bits per heavy atom. The summed E-state index contributed by atoms with van der Waals surface area (Å²) in [6.07, 6.45) is 10.6. The second kappa shape index (κ2) is 53.1. The van der Waals surface area contributed by atoms with E-state index in [4.69, 9.17) is 35.3 Å². The van der Waals surface area contributed by atoms with E-state index in [1.807, 2.05) is 162 Å². The van der Waals surface area contributed by atoms with Crippen LogP contribution in [-0.2, 0) is 106 Å². The number of aliphatic hydroxyl groups is 4. The third-order valence-corrected chi connectivity index (χ3v) is 21.1. The molecule has 20 rings (SSSR count). The summed E-state index contributed by atoms with van der Waals surface area (Å²) < 4.78 is 2.34. The van der Waals surface area contributed by atoms with E-state index < -0.39 is 0 Å². The summed E-state index contributed by atoms with van der Waals surface area (Å²) in [5, 5.41) is 54.9. The fourth-order valence-electron chi connectivity index (χ4n) is 15.0. The van der Waals surface area contributed by atoms with Crippen LogP contribution in [0.4, 0.5) is 0 Å². The van der Waals surface area contributed by atoms with Crippen molar-refractivity contribution in [2.45, 2.75) is 103 Å². The fraction of sp³-hybridized carbons (Fsp3) is 0.145. The van der Waals surface area contributed by atoms with Crippen molar-refractivity contribution in [1.82, 2.24) is 39.9 Å². The van der Waals surface area contributed by atoms with Gasteiger partial charge in [0.2, 0.25) is 5.69 Å². The van der Waals surface area contributed by atoms with Gasteiger partial charge in [-0.05, 0) is 147 Å². The standard InChI is InChI=1S/C29H19N2.C17H14N.2C16H12N.C15H10N4.C9H16O2.3C5H8O2.4Ir/c1-19-18-30-28-24-14-12-22(20-8-4-2-5-9-20)16-26(24)27-17-23(21-10-6-3-7-11-21)13-15-25(27)29(28)31-19;1-12-9-13(2)11-15(10-12)17-8-7-14-5-3-4-6-16(14)18-17;1-3-7-14-12(5-1)9-10-17-11-13-6-2-4-8-15(13)16(14)17;1-12-11-14-9-5-6-10-15(14)17-16(12)13-7-3-2-4-8-13;1-2-6-12-11(5-1)9-10-16-15(12)19-17-13-7-3-4-8-14(13)18-19;1-6(2)8(10)5-9(11)7(3)4;3*1-4(6)3-5(2)7;;;;/h2-13,15-18H,1H3;3-10H,1-2H3;1-10H,11H2;2-7,9-11H,1H3;1-10H;5-7,10H,1-4H3;3*3,6H,1-2H3;;;;/q2*-1;+1;-1;;;;;;;;;. The summed E-state index contributed by atoms with van der Waals surface area (Å²) in [4.78, 5) is 66.1. The topological polar surface area (TPSA) is 248 Å². The van der Waals surface area contributed by atoms with Gasteiger partial charge in [0.1, 0.15) is 11.0 Å². The van der Waals surface area contributed by atoms with Crippen molar-refractivity contribution < 1.29 is 125 Å². The van der Waals surface area contributed by atoms with E-state index in [9.17, 15) is 24.3 Å². The zero-order chi connectivity index (χ0) is 95.5. The first-order valence-corrected chi connectivity index (χ1v) is 44.1. The maximum atomic E-state index is 11.0. The minimum atomic E-state index is -0.125. The number of fused-ring (bicyclic) bond motifs is 15. The Bertz CT molecular complexity index is 7430. The third kappa shape index (κ3) is 30.3. The smallest absolute Gasteiger partial charge is 0.221 e. The van der Waals surface area contributed by atoms with Crippen LogP contribution >= 0.6 is 0 Å². The summed E-state index contributed by atoms with van der Waals surface area (Å²) in [6, 6.07) is 114. The molecule has 6 aromatic heterocycles. The molecule has 17 nitrogen and oxygen atoms in total. The maximum Gasteiger partial charge on any atom is 0.221 e. The molecule has 0 spiro atoms. The van der Waals surface area contributed by atoms with Gasteiger partial charge < -0.3 is 25.4 Å². The molecule has 7 heterocycles. The molecule has 13 aromatic carbocycles. The van der Waals surface area contributed by atoms with E-state index in [1.165, 1.54) is 137 Å². The zero-order valence-electron chi connectivity index (χ0n) is 79.1. The fourth-order valence-corrected chi connectivity index (χ4v) is 15.0. The van der Waals surface area contributed by atoms with E-state index in [0.29, 0.717) is 0 Å². The molecule has 0 atom stereocenters. The number of ketones is 4. The molecule has 0 amide bonds. The molecule has 19 aromatic rings. The number of aryl methyl sites for hydroxylation is 4. The first-order valence-electron chi connectivity index (χ1n) is 44.1. The Labute approximate surface area is 859 Å². The van der Waals surface area contributed by atoms with Gasteiger partial charge in [-0.3, -0.25) is 34.1 Å². The Kier molecular flexibility index (Phi) is 42.1. The van der Waals surface area contributed by atoms with E-state index >= 15 is 0 Å². The van der Waals surface area contributed by atoms with E-state index in [0.717, 1.165) is 112 Å². The third-order valence-electron chi connectivity index (χ3n) is 21.1. The largest absolute Gasteiger partial charge is 0.512 e. The number of carbonyl (C=O) groups is 4. The van der Waals surface area contributed by atoms with Crippen LogP contribution in [0.5, 0.6) is 0 Å². The molecule has 138 heavy (non-hydrogen) atoms. The van der Waals surface area contributed by atoms with Crippen LogP contribution in [0, 0.1) is 57.7 Å². The number of aromatic nitrogens is 9. The Balaban J connectivity index is 0.000000198. The van der Waals surface area contributed by atoms with E-state index in [1.54, 1.807) is 11.0 Å². The van der Waals surface area contributed by atoms with Crippen LogP contribution < -0.4 is 4.57 Å². The van der Waals surface area contributed by atoms with Gasteiger partial charge in [-0.2, -0.15) is 4.57 Å². The monoisotopic (exact) mass is 2540 g/mol. The summed E-state index contributed by atoms with van der Waals surface area (Å²) >= 11 is 0. The summed E-state index contributed by atoms with van der Waals surface area (Å²) in [7, 11) is 0. The van der Waals surface area contributed by atoms with Crippen LogP contribution in [-0.4, -0.2) is 83.5 Å². The average Bonchev–Trinajstić information content (AvgIpc) is 1.32. The number of benzene rings is 13. The molecule has 706 valence electrons. The number of aliphatic hydroxyl groups excluding tert-OH is 4. The molecule has 1 aliphatic heterocycles. The minimum Gasteiger partial charge on any atom is -0.512 e. The van der Waals surface area contributed by atoms with E-state index in [2.05, 4.69) is 247 Å². The van der Waals surface area contributed by atoms with Gasteiger partial charge in [-0.25, -0.2) is 4.98 Å². The molecule has 0 saturated heterocycles. The van der Waals surface area contributed by atoms with Crippen LogP contribution in [0.15, 0.2) is 369 Å². The molecule has 0 fully saturated rings. The molecular formula is C117H107Ir4N9O8-2. The molecule has 21 heteroatoms. The minimum absolute atomic E-state index is 0. The summed E-state index contributed by atoms with van der Waals surface area (Å²) in [5.74, 6) is 0.732. The van der Waals surface area contributed by atoms with Crippen LogP contribution in [0.3, 0.4) is 0 Å². The molecule has 4 N–H and O–H groups in total. The van der Waals surface area contributed by atoms with Crippen molar-refractivity contribution >= 4 is 110 Å². The van der Waals surface area contributed by atoms with Gasteiger partial charge in [0.25, 0.3) is 0 Å². The first-order chi connectivity index (χ1) is 64.5. The number of pyridine rings is 4. The summed E-state index contributed by atoms with van der Waals surface area (Å²) in [5.41, 5.74) is 23.2. The van der Waals surface area contributed by atoms with Gasteiger partial charge >= 0.3 is 0 Å². The molecule has 0 saturated carbocycles. The second-order valence-corrected chi connectivity index (χ2v) is 33.0. The van der Waals surface area contributed by atoms with Gasteiger partial charge in [0, 0.05) is 151 Å². The number of nitrogens with zero attached hydrogens (tertiary/aromatic N) is 9. The molecule has 4 radical (unpaired) electrons. The summed E-state index contributed by atoms with van der Waals surface area (Å²) in [6.45, 7) is 25.1. The number of allylic oxidation sites excluding steroid dienone is 8. The average molecular weight is 2540 g/mol. The number of para-hydroxylation sites is 2. The van der Waals surface area contributed by atoms with Crippen molar-refractivity contribution in [2.24, 2.45) is 11.8 Å². The number of carbonyl (C=O) groups excluding carboxylic acids is 4. The molecule has 1 aliphatic rings. The predicted molar refractivity (Wildman–Crippen MR) is 545 cm³/mol. The quantitative estimate of drug-likeness (QED) is 0.0309.